The summed E-state index contributed by atoms with van der Waals surface area (Å²) < 4.78 is 26.1. The van der Waals surface area contributed by atoms with E-state index in [-0.39, 0.29) is 11.4 Å². The van der Waals surface area contributed by atoms with Crippen molar-refractivity contribution in [3.05, 3.63) is 42.2 Å². The van der Waals surface area contributed by atoms with Crippen molar-refractivity contribution in [3.8, 4) is 5.69 Å². The first-order chi connectivity index (χ1) is 7.18. The molecule has 1 heterocycles. The third-order valence-corrected chi connectivity index (χ3v) is 2.00. The largest absolute Gasteiger partial charge is 0.396 e. The number of halogens is 2. The first-order valence-corrected chi connectivity index (χ1v) is 4.37. The molecule has 0 fully saturated rings. The lowest BCUT2D eigenvalue weighted by Gasteiger charge is -1.98. The maximum atomic E-state index is 12.4. The topological polar surface area (TPSA) is 43.8 Å². The van der Waals surface area contributed by atoms with Gasteiger partial charge in [-0.2, -0.15) is 5.10 Å². The first-order valence-electron chi connectivity index (χ1n) is 4.37. The third-order valence-electron chi connectivity index (χ3n) is 2.00. The van der Waals surface area contributed by atoms with E-state index in [4.69, 9.17) is 5.73 Å². The summed E-state index contributed by atoms with van der Waals surface area (Å²) in [7, 11) is 0. The van der Waals surface area contributed by atoms with Gasteiger partial charge in [0.25, 0.3) is 6.43 Å². The summed E-state index contributed by atoms with van der Waals surface area (Å²) in [5.41, 5.74) is 5.75. The summed E-state index contributed by atoms with van der Waals surface area (Å²) in [6.07, 6.45) is -1.26. The molecule has 1 aromatic carbocycles. The number of nitrogen functional groups attached to an aromatic ring is 1. The number of benzene rings is 1. The van der Waals surface area contributed by atoms with Crippen LogP contribution in [0.3, 0.4) is 0 Å². The molecule has 3 nitrogen and oxygen atoms in total. The molecule has 0 radical (unpaired) electrons. The van der Waals surface area contributed by atoms with Crippen LogP contribution < -0.4 is 5.73 Å². The molecule has 2 aromatic rings. The summed E-state index contributed by atoms with van der Waals surface area (Å²) in [5, 5.41) is 3.72. The van der Waals surface area contributed by atoms with Crippen molar-refractivity contribution in [2.45, 2.75) is 6.43 Å². The zero-order chi connectivity index (χ0) is 10.8. The number of anilines is 1. The fourth-order valence-electron chi connectivity index (χ4n) is 1.28. The second-order valence-electron chi connectivity index (χ2n) is 3.05. The molecule has 5 heteroatoms. The minimum absolute atomic E-state index is 0.00820. The van der Waals surface area contributed by atoms with Gasteiger partial charge in [0.15, 0.2) is 5.69 Å². The molecule has 2 N–H and O–H groups in total. The van der Waals surface area contributed by atoms with Gasteiger partial charge in [-0.3, -0.25) is 0 Å². The monoisotopic (exact) mass is 209 g/mol. The molecule has 0 amide bonds. The van der Waals surface area contributed by atoms with Crippen molar-refractivity contribution in [1.82, 2.24) is 9.78 Å². The van der Waals surface area contributed by atoms with Crippen molar-refractivity contribution in [3.63, 3.8) is 0 Å². The minimum Gasteiger partial charge on any atom is -0.396 e. The van der Waals surface area contributed by atoms with E-state index in [2.05, 4.69) is 5.10 Å². The summed E-state index contributed by atoms with van der Waals surface area (Å²) in [5.74, 6) is 0. The zero-order valence-electron chi connectivity index (χ0n) is 7.77. The van der Waals surface area contributed by atoms with E-state index in [0.29, 0.717) is 5.69 Å². The molecule has 0 unspecified atom stereocenters. The fourth-order valence-corrected chi connectivity index (χ4v) is 1.28. The number of nitrogens with zero attached hydrogens (tertiary/aromatic N) is 2. The normalized spacial score (nSPS) is 10.9. The third kappa shape index (κ3) is 1.81. The maximum absolute atomic E-state index is 12.4. The van der Waals surface area contributed by atoms with Crippen LogP contribution in [0.15, 0.2) is 36.5 Å². The predicted molar refractivity (Wildman–Crippen MR) is 52.9 cm³/mol. The first kappa shape index (κ1) is 9.64. The Labute approximate surface area is 85.1 Å². The van der Waals surface area contributed by atoms with E-state index < -0.39 is 6.43 Å². The Kier molecular flexibility index (Phi) is 2.37. The maximum Gasteiger partial charge on any atom is 0.284 e. The molecule has 0 aliphatic rings. The summed E-state index contributed by atoms with van der Waals surface area (Å²) >= 11 is 0. The highest BCUT2D eigenvalue weighted by molar-refractivity contribution is 5.44. The highest BCUT2D eigenvalue weighted by Crippen LogP contribution is 2.24. The Morgan fingerprint density at radius 1 is 1.20 bits per heavy atom. The van der Waals surface area contributed by atoms with E-state index in [0.717, 1.165) is 0 Å². The predicted octanol–water partition coefficient (Wildman–Crippen LogP) is 2.39. The van der Waals surface area contributed by atoms with Gasteiger partial charge in [0, 0.05) is 0 Å². The van der Waals surface area contributed by atoms with E-state index in [1.165, 1.54) is 10.9 Å². The van der Waals surface area contributed by atoms with Crippen LogP contribution in [-0.4, -0.2) is 9.78 Å². The molecule has 15 heavy (non-hydrogen) atoms. The lowest BCUT2D eigenvalue weighted by atomic mass is 10.3. The molecule has 2 rings (SSSR count). The van der Waals surface area contributed by atoms with E-state index in [9.17, 15) is 8.78 Å². The molecule has 0 bridgehead atoms. The Morgan fingerprint density at radius 2 is 1.87 bits per heavy atom. The van der Waals surface area contributed by atoms with Crippen molar-refractivity contribution in [1.29, 1.82) is 0 Å². The van der Waals surface area contributed by atoms with Gasteiger partial charge >= 0.3 is 0 Å². The highest BCUT2D eigenvalue weighted by atomic mass is 19.3. The number of hydrogen-bond acceptors (Lipinski definition) is 2. The van der Waals surface area contributed by atoms with Gasteiger partial charge in [0.1, 0.15) is 0 Å². The second-order valence-corrected chi connectivity index (χ2v) is 3.05. The van der Waals surface area contributed by atoms with Crippen molar-refractivity contribution in [2.24, 2.45) is 0 Å². The number of rotatable bonds is 2. The van der Waals surface area contributed by atoms with Crippen molar-refractivity contribution in [2.75, 3.05) is 5.73 Å². The van der Waals surface area contributed by atoms with E-state index in [1.807, 2.05) is 6.07 Å². The smallest absolute Gasteiger partial charge is 0.284 e. The molecular formula is C10H9F2N3. The Bertz CT molecular complexity index is 451. The molecule has 0 atom stereocenters. The molecule has 0 aliphatic heterocycles. The van der Waals surface area contributed by atoms with Gasteiger partial charge < -0.3 is 5.73 Å². The Balaban J connectivity index is 2.43. The van der Waals surface area contributed by atoms with Crippen molar-refractivity contribution >= 4 is 5.69 Å². The number of nitrogens with two attached hydrogens (primary N) is 1. The molecule has 0 aliphatic carbocycles. The molecular weight excluding hydrogens is 200 g/mol. The number of alkyl halides is 2. The summed E-state index contributed by atoms with van der Waals surface area (Å²) in [6, 6.07) is 8.97. The van der Waals surface area contributed by atoms with Gasteiger partial charge in [-0.1, -0.05) is 18.2 Å². The van der Waals surface area contributed by atoms with Crippen LogP contribution in [0.4, 0.5) is 14.5 Å². The highest BCUT2D eigenvalue weighted by Gasteiger charge is 2.16. The van der Waals surface area contributed by atoms with Gasteiger partial charge in [0.05, 0.1) is 17.6 Å². The SMILES string of the molecule is Nc1cn(-c2ccccc2)nc1C(F)F. The summed E-state index contributed by atoms with van der Waals surface area (Å²) in [6.45, 7) is 0. The van der Waals surface area contributed by atoms with Crippen LogP contribution in [0.25, 0.3) is 5.69 Å². The quantitative estimate of drug-likeness (QED) is 0.825. The van der Waals surface area contributed by atoms with Crippen LogP contribution in [0.1, 0.15) is 12.1 Å². The number of para-hydroxylation sites is 1. The van der Waals surface area contributed by atoms with Crippen LogP contribution in [0, 0.1) is 0 Å². The average Bonchev–Trinajstić information content (AvgIpc) is 2.62. The average molecular weight is 209 g/mol. The second kappa shape index (κ2) is 3.68. The lowest BCUT2D eigenvalue weighted by Crippen LogP contribution is -1.96. The number of hydrogen-bond donors (Lipinski definition) is 1. The van der Waals surface area contributed by atoms with Gasteiger partial charge in [-0.25, -0.2) is 13.5 Å². The van der Waals surface area contributed by atoms with Crippen molar-refractivity contribution < 1.29 is 8.78 Å². The van der Waals surface area contributed by atoms with Crippen LogP contribution in [-0.2, 0) is 0 Å². The zero-order valence-corrected chi connectivity index (χ0v) is 7.77. The van der Waals surface area contributed by atoms with Gasteiger partial charge in [0.2, 0.25) is 0 Å². The fraction of sp³-hybridized carbons (Fsp3) is 0.100. The van der Waals surface area contributed by atoms with E-state index >= 15 is 0 Å². The van der Waals surface area contributed by atoms with Crippen LogP contribution in [0.5, 0.6) is 0 Å². The molecule has 0 spiro atoms. The van der Waals surface area contributed by atoms with E-state index in [1.54, 1.807) is 24.3 Å². The summed E-state index contributed by atoms with van der Waals surface area (Å²) in [4.78, 5) is 0. The standard InChI is InChI=1S/C10H9F2N3/c11-10(12)9-8(13)6-15(14-9)7-4-2-1-3-5-7/h1-6,10H,13H2. The molecule has 0 saturated carbocycles. The Morgan fingerprint density at radius 3 is 2.40 bits per heavy atom. The van der Waals surface area contributed by atoms with Gasteiger partial charge in [-0.05, 0) is 12.1 Å². The minimum atomic E-state index is -2.64. The lowest BCUT2D eigenvalue weighted by molar-refractivity contribution is 0.146. The number of aromatic nitrogens is 2. The molecule has 0 saturated heterocycles. The van der Waals surface area contributed by atoms with Gasteiger partial charge in [-0.15, -0.1) is 0 Å². The molecule has 78 valence electrons. The Hall–Kier alpha value is -1.91. The van der Waals surface area contributed by atoms with Crippen LogP contribution in [0.2, 0.25) is 0 Å². The molecule has 1 aromatic heterocycles. The van der Waals surface area contributed by atoms with Crippen LogP contribution >= 0.6 is 0 Å².